The molecule has 0 radical (unpaired) electrons. The number of ether oxygens (including phenoxy) is 1. The van der Waals surface area contributed by atoms with Gasteiger partial charge in [-0.1, -0.05) is 37.4 Å². The maximum atomic E-state index is 10.4. The van der Waals surface area contributed by atoms with E-state index >= 15 is 0 Å². The molecule has 2 aromatic rings. The van der Waals surface area contributed by atoms with Crippen molar-refractivity contribution in [2.24, 2.45) is 0 Å². The molecule has 2 aliphatic heterocycles. The van der Waals surface area contributed by atoms with Gasteiger partial charge < -0.3 is 15.2 Å². The van der Waals surface area contributed by atoms with Crippen molar-refractivity contribution in [2.45, 2.75) is 18.4 Å². The topological polar surface area (TPSA) is 96.0 Å². The summed E-state index contributed by atoms with van der Waals surface area (Å²) in [6, 6.07) is 7.80. The molecular weight excluding hydrogens is 342 g/mol. The predicted molar refractivity (Wildman–Crippen MR) is 103 cm³/mol. The van der Waals surface area contributed by atoms with Gasteiger partial charge in [0.15, 0.2) is 0 Å². The van der Waals surface area contributed by atoms with E-state index in [1.807, 2.05) is 24.3 Å². The number of piperidine rings is 1. The second-order valence-corrected chi connectivity index (χ2v) is 6.68. The maximum absolute atomic E-state index is 10.4. The molecule has 0 aliphatic carbocycles. The van der Waals surface area contributed by atoms with Crippen molar-refractivity contribution < 1.29 is 9.84 Å². The van der Waals surface area contributed by atoms with Gasteiger partial charge in [-0.05, 0) is 41.6 Å². The predicted octanol–water partition coefficient (Wildman–Crippen LogP) is 2.91. The first-order valence-electron chi connectivity index (χ1n) is 8.84. The highest BCUT2D eigenvalue weighted by molar-refractivity contribution is 5.86. The molecule has 1 saturated heterocycles. The van der Waals surface area contributed by atoms with Crippen molar-refractivity contribution in [1.82, 2.24) is 25.9 Å². The maximum Gasteiger partial charge on any atom is 0.204 e. The van der Waals surface area contributed by atoms with Crippen LogP contribution >= 0.6 is 0 Å². The minimum absolute atomic E-state index is 0.0530. The summed E-state index contributed by atoms with van der Waals surface area (Å²) in [7, 11) is 0. The Hall–Kier alpha value is -3.19. The molecular formula is C20H21N5O2. The first-order valence-corrected chi connectivity index (χ1v) is 8.84. The fourth-order valence-electron chi connectivity index (χ4n) is 3.60. The zero-order chi connectivity index (χ0) is 18.9. The number of nitrogens with one attached hydrogen (secondary N) is 2. The molecule has 1 aromatic carbocycles. The molecule has 1 spiro atoms. The van der Waals surface area contributed by atoms with Crippen LogP contribution in [0, 0.1) is 0 Å². The zero-order valence-corrected chi connectivity index (χ0v) is 14.9. The van der Waals surface area contributed by atoms with E-state index in [1.165, 1.54) is 6.08 Å². The minimum Gasteiger partial charge on any atom is -0.507 e. The average Bonchev–Trinajstić information content (AvgIpc) is 3.22. The molecule has 7 nitrogen and oxygen atoms in total. The number of H-pyrrole nitrogens is 1. The number of hydrogen-bond acceptors (Lipinski definition) is 6. The lowest BCUT2D eigenvalue weighted by Crippen LogP contribution is -2.44. The number of hydrogen-bond donors (Lipinski definition) is 3. The zero-order valence-electron chi connectivity index (χ0n) is 14.9. The van der Waals surface area contributed by atoms with Gasteiger partial charge in [0.2, 0.25) is 5.82 Å². The molecule has 1 fully saturated rings. The fourth-order valence-corrected chi connectivity index (χ4v) is 3.60. The summed E-state index contributed by atoms with van der Waals surface area (Å²) in [5, 5.41) is 27.8. The van der Waals surface area contributed by atoms with Crippen LogP contribution in [0.3, 0.4) is 0 Å². The quantitative estimate of drug-likeness (QED) is 0.726. The number of aliphatic hydroxyl groups excluding tert-OH is 1. The van der Waals surface area contributed by atoms with Gasteiger partial charge in [-0.2, -0.15) is 5.21 Å². The lowest BCUT2D eigenvalue weighted by molar-refractivity contribution is 0.0203. The van der Waals surface area contributed by atoms with Crippen molar-refractivity contribution in [2.75, 3.05) is 13.1 Å². The third-order valence-electron chi connectivity index (χ3n) is 4.98. The van der Waals surface area contributed by atoms with Gasteiger partial charge in [-0.3, -0.25) is 0 Å². The van der Waals surface area contributed by atoms with Crippen LogP contribution in [0.15, 0.2) is 66.7 Å². The van der Waals surface area contributed by atoms with E-state index in [9.17, 15) is 5.11 Å². The van der Waals surface area contributed by atoms with Crippen molar-refractivity contribution in [3.05, 3.63) is 72.2 Å². The van der Waals surface area contributed by atoms with E-state index in [1.54, 1.807) is 0 Å². The first kappa shape index (κ1) is 17.2. The minimum atomic E-state index is -0.408. The monoisotopic (exact) mass is 363 g/mol. The Morgan fingerprint density at radius 3 is 2.52 bits per heavy atom. The summed E-state index contributed by atoms with van der Waals surface area (Å²) < 4.78 is 6.18. The number of aromatic amines is 1. The summed E-state index contributed by atoms with van der Waals surface area (Å²) in [5.74, 6) is 1.05. The van der Waals surface area contributed by atoms with Crippen molar-refractivity contribution >= 4 is 5.57 Å². The van der Waals surface area contributed by atoms with E-state index in [4.69, 9.17) is 4.74 Å². The summed E-state index contributed by atoms with van der Waals surface area (Å²) in [5.41, 5.74) is 2.86. The third-order valence-corrected chi connectivity index (χ3v) is 4.98. The standard InChI is InChI=1S/C20H21N5O2/c1-3-17(26)18-13(2)27-20(8-10-21-11-9-20)12-16(18)14-4-6-15(7-5-14)19-22-24-25-23-19/h3-7,12,21,26H,1-2,8-11H2,(H,22,23,24,25)/b18-17-. The Bertz CT molecular complexity index is 920. The van der Waals surface area contributed by atoms with Crippen LogP contribution in [0.2, 0.25) is 0 Å². The highest BCUT2D eigenvalue weighted by Gasteiger charge is 2.38. The molecule has 0 unspecified atom stereocenters. The van der Waals surface area contributed by atoms with E-state index < -0.39 is 5.60 Å². The molecule has 0 amide bonds. The lowest BCUT2D eigenvalue weighted by Gasteiger charge is -2.41. The number of allylic oxidation sites excluding steroid dienone is 2. The molecule has 3 heterocycles. The molecule has 7 heteroatoms. The van der Waals surface area contributed by atoms with Crippen LogP contribution in [0.5, 0.6) is 0 Å². The van der Waals surface area contributed by atoms with E-state index in [0.717, 1.165) is 42.6 Å². The molecule has 1 aromatic heterocycles. The number of aliphatic hydroxyl groups is 1. The number of rotatable bonds is 3. The summed E-state index contributed by atoms with van der Waals surface area (Å²) in [6.07, 6.45) is 5.21. The van der Waals surface area contributed by atoms with Gasteiger partial charge in [0, 0.05) is 18.4 Å². The molecule has 2 aliphatic rings. The highest BCUT2D eigenvalue weighted by atomic mass is 16.5. The molecule has 0 atom stereocenters. The van der Waals surface area contributed by atoms with Crippen LogP contribution < -0.4 is 5.32 Å². The second-order valence-electron chi connectivity index (χ2n) is 6.68. The summed E-state index contributed by atoms with van der Waals surface area (Å²) in [4.78, 5) is 0. The molecule has 4 rings (SSSR count). The van der Waals surface area contributed by atoms with Gasteiger partial charge in [0.05, 0.1) is 5.57 Å². The first-order chi connectivity index (χ1) is 13.1. The lowest BCUT2D eigenvalue weighted by atomic mass is 9.82. The SMILES string of the molecule is C=C/C(O)=C1\C(=C)OC2(C=C1c1ccc(-c3nn[nH]n3)cc1)CCNCC2. The van der Waals surface area contributed by atoms with Crippen molar-refractivity contribution in [3.8, 4) is 11.4 Å². The number of benzene rings is 1. The van der Waals surface area contributed by atoms with Gasteiger partial charge in [0.25, 0.3) is 0 Å². The Morgan fingerprint density at radius 1 is 1.19 bits per heavy atom. The van der Waals surface area contributed by atoms with Crippen LogP contribution in [0.1, 0.15) is 18.4 Å². The van der Waals surface area contributed by atoms with Gasteiger partial charge in [-0.15, -0.1) is 10.2 Å². The highest BCUT2D eigenvalue weighted by Crippen LogP contribution is 2.43. The Labute approximate surface area is 157 Å². The molecule has 0 bridgehead atoms. The summed E-state index contributed by atoms with van der Waals surface area (Å²) in [6.45, 7) is 9.50. The fraction of sp³-hybridized carbons (Fsp3) is 0.250. The molecule has 27 heavy (non-hydrogen) atoms. The van der Waals surface area contributed by atoms with Gasteiger partial charge in [-0.25, -0.2) is 0 Å². The normalized spacial score (nSPS) is 20.7. The second kappa shape index (κ2) is 6.85. The van der Waals surface area contributed by atoms with Gasteiger partial charge >= 0.3 is 0 Å². The van der Waals surface area contributed by atoms with E-state index in [2.05, 4.69) is 45.2 Å². The van der Waals surface area contributed by atoms with Crippen molar-refractivity contribution in [1.29, 1.82) is 0 Å². The Morgan fingerprint density at radius 2 is 1.89 bits per heavy atom. The van der Waals surface area contributed by atoms with Crippen LogP contribution in [0.25, 0.3) is 17.0 Å². The Balaban J connectivity index is 1.80. The molecule has 3 N–H and O–H groups in total. The van der Waals surface area contributed by atoms with Crippen LogP contribution in [0.4, 0.5) is 0 Å². The number of nitrogens with zero attached hydrogens (tertiary/aromatic N) is 3. The average molecular weight is 363 g/mol. The largest absolute Gasteiger partial charge is 0.507 e. The summed E-state index contributed by atoms with van der Waals surface area (Å²) >= 11 is 0. The van der Waals surface area contributed by atoms with E-state index in [0.29, 0.717) is 17.2 Å². The molecule has 138 valence electrons. The van der Waals surface area contributed by atoms with Crippen LogP contribution in [-0.4, -0.2) is 44.4 Å². The Kier molecular flexibility index (Phi) is 4.37. The van der Waals surface area contributed by atoms with E-state index in [-0.39, 0.29) is 5.76 Å². The van der Waals surface area contributed by atoms with Crippen molar-refractivity contribution in [3.63, 3.8) is 0 Å². The number of tetrazole rings is 1. The smallest absolute Gasteiger partial charge is 0.204 e. The van der Waals surface area contributed by atoms with Crippen LogP contribution in [-0.2, 0) is 4.74 Å². The van der Waals surface area contributed by atoms with Gasteiger partial charge in [0.1, 0.15) is 17.1 Å². The third kappa shape index (κ3) is 3.17. The number of aromatic nitrogens is 4. The molecule has 0 saturated carbocycles.